The van der Waals surface area contributed by atoms with E-state index in [4.69, 9.17) is 4.74 Å². The van der Waals surface area contributed by atoms with Crippen LogP contribution in [0.5, 0.6) is 0 Å². The summed E-state index contributed by atoms with van der Waals surface area (Å²) in [4.78, 5) is 35.7. The van der Waals surface area contributed by atoms with E-state index in [-0.39, 0.29) is 39.6 Å². The molecule has 0 atom stereocenters. The number of anilines is 2. The maximum atomic E-state index is 12.7. The van der Waals surface area contributed by atoms with E-state index in [1.165, 1.54) is 60.7 Å². The largest absolute Gasteiger partial charge is 0.478 e. The molecule has 0 saturated heterocycles. The van der Waals surface area contributed by atoms with Gasteiger partial charge in [0.1, 0.15) is 0 Å². The quantitative estimate of drug-likeness (QED) is 0.356. The van der Waals surface area contributed by atoms with E-state index in [1.807, 2.05) is 0 Å². The first-order valence-corrected chi connectivity index (χ1v) is 12.1. The third kappa shape index (κ3) is 6.00. The van der Waals surface area contributed by atoms with Crippen LogP contribution in [-0.4, -0.2) is 38.0 Å². The summed E-state index contributed by atoms with van der Waals surface area (Å²) in [5, 5.41) is 11.8. The highest BCUT2D eigenvalue weighted by Crippen LogP contribution is 2.23. The van der Waals surface area contributed by atoms with Crippen molar-refractivity contribution in [1.29, 1.82) is 0 Å². The number of rotatable bonds is 8. The first kappa shape index (κ1) is 24.9. The Labute approximate surface area is 203 Å². The van der Waals surface area contributed by atoms with Gasteiger partial charge in [-0.05, 0) is 67.6 Å². The SMILES string of the molecule is CCOC(=O)c1cccc(NS(=O)(=O)c2ccc(C(=O)Nc3ccc(Br)cc3C(=O)O)cc2)c1. The number of sulfonamides is 1. The minimum Gasteiger partial charge on any atom is -0.478 e. The van der Waals surface area contributed by atoms with Crippen molar-refractivity contribution in [1.82, 2.24) is 0 Å². The van der Waals surface area contributed by atoms with E-state index in [0.29, 0.717) is 4.47 Å². The maximum absolute atomic E-state index is 12.7. The summed E-state index contributed by atoms with van der Waals surface area (Å²) in [5.41, 5.74) is 0.491. The number of nitrogens with one attached hydrogen (secondary N) is 2. The van der Waals surface area contributed by atoms with Crippen LogP contribution in [0.3, 0.4) is 0 Å². The van der Waals surface area contributed by atoms with E-state index in [0.717, 1.165) is 0 Å². The molecule has 176 valence electrons. The molecule has 0 bridgehead atoms. The molecule has 0 aliphatic carbocycles. The van der Waals surface area contributed by atoms with Crippen LogP contribution >= 0.6 is 15.9 Å². The van der Waals surface area contributed by atoms with Gasteiger partial charge in [-0.15, -0.1) is 0 Å². The van der Waals surface area contributed by atoms with Gasteiger partial charge in [0.2, 0.25) is 0 Å². The second-order valence-corrected chi connectivity index (χ2v) is 9.48. The number of ether oxygens (including phenoxy) is 1. The van der Waals surface area contributed by atoms with E-state index in [9.17, 15) is 27.9 Å². The van der Waals surface area contributed by atoms with Crippen LogP contribution in [0.4, 0.5) is 11.4 Å². The van der Waals surface area contributed by atoms with Crippen molar-refractivity contribution in [2.75, 3.05) is 16.6 Å². The molecule has 1 amide bonds. The highest BCUT2D eigenvalue weighted by molar-refractivity contribution is 9.10. The third-order valence-electron chi connectivity index (χ3n) is 4.51. The van der Waals surface area contributed by atoms with Crippen molar-refractivity contribution in [2.24, 2.45) is 0 Å². The molecule has 0 aliphatic rings. The summed E-state index contributed by atoms with van der Waals surface area (Å²) < 4.78 is 33.3. The number of hydrogen-bond donors (Lipinski definition) is 3. The average molecular weight is 547 g/mol. The van der Waals surface area contributed by atoms with E-state index >= 15 is 0 Å². The molecule has 0 aliphatic heterocycles. The number of esters is 1. The zero-order valence-corrected chi connectivity index (χ0v) is 20.1. The molecule has 34 heavy (non-hydrogen) atoms. The molecular weight excluding hydrogens is 528 g/mol. The highest BCUT2D eigenvalue weighted by Gasteiger charge is 2.18. The van der Waals surface area contributed by atoms with Crippen molar-refractivity contribution in [3.8, 4) is 0 Å². The van der Waals surface area contributed by atoms with E-state index < -0.39 is 27.9 Å². The van der Waals surface area contributed by atoms with E-state index in [2.05, 4.69) is 26.0 Å². The molecular formula is C23H19BrN2O7S. The molecule has 0 unspecified atom stereocenters. The molecule has 0 aromatic heterocycles. The topological polar surface area (TPSA) is 139 Å². The number of hydrogen-bond acceptors (Lipinski definition) is 6. The lowest BCUT2D eigenvalue weighted by Gasteiger charge is -2.11. The first-order chi connectivity index (χ1) is 16.1. The number of carboxylic acid groups (broad SMARTS) is 1. The van der Waals surface area contributed by atoms with E-state index in [1.54, 1.807) is 13.0 Å². The monoisotopic (exact) mass is 546 g/mol. The Morgan fingerprint density at radius 2 is 1.68 bits per heavy atom. The Bertz CT molecular complexity index is 1360. The molecule has 0 saturated carbocycles. The second-order valence-electron chi connectivity index (χ2n) is 6.88. The summed E-state index contributed by atoms with van der Waals surface area (Å²) in [7, 11) is -4.01. The predicted molar refractivity (Wildman–Crippen MR) is 129 cm³/mol. The molecule has 0 fully saturated rings. The molecule has 3 rings (SSSR count). The third-order valence-corrected chi connectivity index (χ3v) is 6.40. The Hall–Kier alpha value is -3.70. The van der Waals surface area contributed by atoms with Crippen molar-refractivity contribution in [3.05, 3.63) is 87.9 Å². The zero-order valence-electron chi connectivity index (χ0n) is 17.7. The zero-order chi connectivity index (χ0) is 24.9. The van der Waals surface area contributed by atoms with Crippen LogP contribution < -0.4 is 10.0 Å². The van der Waals surface area contributed by atoms with Crippen molar-refractivity contribution < 1.29 is 32.6 Å². The Morgan fingerprint density at radius 1 is 0.971 bits per heavy atom. The molecule has 9 nitrogen and oxygen atoms in total. The standard InChI is InChI=1S/C23H19BrN2O7S/c1-2-33-23(30)15-4-3-5-17(12-15)26-34(31,32)18-9-6-14(7-10-18)21(27)25-20-11-8-16(24)13-19(20)22(28)29/h3-13,26H,2H2,1H3,(H,25,27)(H,28,29). The van der Waals surface area contributed by atoms with Crippen LogP contribution in [0.25, 0.3) is 0 Å². The van der Waals surface area contributed by atoms with Gasteiger partial charge in [-0.25, -0.2) is 18.0 Å². The molecule has 0 heterocycles. The lowest BCUT2D eigenvalue weighted by Crippen LogP contribution is -2.16. The fourth-order valence-corrected chi connectivity index (χ4v) is 4.33. The van der Waals surface area contributed by atoms with Gasteiger partial charge in [0.05, 0.1) is 28.3 Å². The first-order valence-electron chi connectivity index (χ1n) is 9.85. The van der Waals surface area contributed by atoms with Crippen molar-refractivity contribution in [3.63, 3.8) is 0 Å². The van der Waals surface area contributed by atoms with Gasteiger partial charge in [0.15, 0.2) is 0 Å². The average Bonchev–Trinajstić information content (AvgIpc) is 2.80. The molecule has 3 aromatic carbocycles. The number of halogens is 1. The molecule has 11 heteroatoms. The molecule has 0 radical (unpaired) electrons. The number of carboxylic acids is 1. The Kier molecular flexibility index (Phi) is 7.69. The van der Waals surface area contributed by atoms with Gasteiger partial charge in [-0.3, -0.25) is 9.52 Å². The predicted octanol–water partition coefficient (Wildman–Crippen LogP) is 4.38. The van der Waals surface area contributed by atoms with Crippen molar-refractivity contribution in [2.45, 2.75) is 11.8 Å². The van der Waals surface area contributed by atoms with Gasteiger partial charge in [-0.2, -0.15) is 0 Å². The minimum atomic E-state index is -4.01. The van der Waals surface area contributed by atoms with Crippen LogP contribution in [0, 0.1) is 0 Å². The summed E-state index contributed by atoms with van der Waals surface area (Å²) in [6, 6.07) is 15.3. The van der Waals surface area contributed by atoms with Gasteiger partial charge in [0.25, 0.3) is 15.9 Å². The van der Waals surface area contributed by atoms with Crippen LogP contribution in [-0.2, 0) is 14.8 Å². The Morgan fingerprint density at radius 3 is 2.32 bits per heavy atom. The second kappa shape index (κ2) is 10.5. The lowest BCUT2D eigenvalue weighted by atomic mass is 10.1. The Balaban J connectivity index is 1.76. The minimum absolute atomic E-state index is 0.0977. The molecule has 0 spiro atoms. The van der Waals surface area contributed by atoms with Crippen LogP contribution in [0.2, 0.25) is 0 Å². The number of amides is 1. The number of benzene rings is 3. The normalized spacial score (nSPS) is 10.9. The van der Waals surface area contributed by atoms with Crippen LogP contribution in [0.15, 0.2) is 76.1 Å². The van der Waals surface area contributed by atoms with Crippen LogP contribution in [0.1, 0.15) is 38.0 Å². The fourth-order valence-electron chi connectivity index (χ4n) is 2.92. The van der Waals surface area contributed by atoms with Crippen molar-refractivity contribution >= 4 is 55.2 Å². The maximum Gasteiger partial charge on any atom is 0.338 e. The number of aromatic carboxylic acids is 1. The number of carbonyl (C=O) groups excluding carboxylic acids is 2. The summed E-state index contributed by atoms with van der Waals surface area (Å²) in [6.07, 6.45) is 0. The van der Waals surface area contributed by atoms with Gasteiger partial charge >= 0.3 is 11.9 Å². The lowest BCUT2D eigenvalue weighted by molar-refractivity contribution is 0.0525. The van der Waals surface area contributed by atoms with Gasteiger partial charge < -0.3 is 15.2 Å². The van der Waals surface area contributed by atoms with Gasteiger partial charge in [0, 0.05) is 15.7 Å². The number of carbonyl (C=O) groups is 3. The fraction of sp³-hybridized carbons (Fsp3) is 0.0870. The summed E-state index contributed by atoms with van der Waals surface area (Å²) in [5.74, 6) is -2.39. The molecule has 3 N–H and O–H groups in total. The summed E-state index contributed by atoms with van der Waals surface area (Å²) >= 11 is 3.18. The van der Waals surface area contributed by atoms with Gasteiger partial charge in [-0.1, -0.05) is 22.0 Å². The smallest absolute Gasteiger partial charge is 0.338 e. The molecule has 3 aromatic rings. The highest BCUT2D eigenvalue weighted by atomic mass is 79.9. The summed E-state index contributed by atoms with van der Waals surface area (Å²) in [6.45, 7) is 1.85.